The second-order valence-electron chi connectivity index (χ2n) is 4.75. The topological polar surface area (TPSA) is 24.9 Å². The van der Waals surface area contributed by atoms with Gasteiger partial charge < -0.3 is 5.32 Å². The van der Waals surface area contributed by atoms with Crippen molar-refractivity contribution in [3.63, 3.8) is 0 Å². The third-order valence-electron chi connectivity index (χ3n) is 3.48. The molecule has 0 aliphatic carbocycles. The van der Waals surface area contributed by atoms with Crippen molar-refractivity contribution in [1.29, 1.82) is 0 Å². The van der Waals surface area contributed by atoms with Crippen LogP contribution in [0.15, 0.2) is 48.8 Å². The number of aromatic nitrogens is 1. The summed E-state index contributed by atoms with van der Waals surface area (Å²) in [5.41, 5.74) is 3.95. The van der Waals surface area contributed by atoms with E-state index in [9.17, 15) is 0 Å². The number of hydrogen-bond acceptors (Lipinski definition) is 2. The van der Waals surface area contributed by atoms with Gasteiger partial charge in [-0.25, -0.2) is 0 Å². The zero-order valence-corrected chi connectivity index (χ0v) is 9.93. The van der Waals surface area contributed by atoms with Gasteiger partial charge in [0.1, 0.15) is 0 Å². The lowest BCUT2D eigenvalue weighted by molar-refractivity contribution is 0.478. The van der Waals surface area contributed by atoms with Crippen molar-refractivity contribution in [2.45, 2.75) is 19.4 Å². The van der Waals surface area contributed by atoms with E-state index in [0.29, 0.717) is 12.0 Å². The number of hydrogen-bond donors (Lipinski definition) is 1. The molecule has 2 aromatic rings. The van der Waals surface area contributed by atoms with Crippen molar-refractivity contribution >= 4 is 5.69 Å². The molecule has 1 N–H and O–H groups in total. The summed E-state index contributed by atoms with van der Waals surface area (Å²) >= 11 is 0. The van der Waals surface area contributed by atoms with Crippen LogP contribution in [-0.2, 0) is 6.42 Å². The third kappa shape index (κ3) is 1.91. The molecule has 1 aliphatic rings. The molecule has 1 aromatic heterocycles. The largest absolute Gasteiger partial charge is 0.378 e. The number of pyridine rings is 1. The lowest BCUT2D eigenvalue weighted by Crippen LogP contribution is -2.26. The predicted molar refractivity (Wildman–Crippen MR) is 69.9 cm³/mol. The van der Waals surface area contributed by atoms with E-state index in [-0.39, 0.29) is 0 Å². The first-order chi connectivity index (χ1) is 8.34. The van der Waals surface area contributed by atoms with E-state index in [1.165, 1.54) is 16.8 Å². The van der Waals surface area contributed by atoms with Gasteiger partial charge in [0.15, 0.2) is 0 Å². The lowest BCUT2D eigenvalue weighted by Gasteiger charge is -2.32. The van der Waals surface area contributed by atoms with Gasteiger partial charge >= 0.3 is 0 Å². The van der Waals surface area contributed by atoms with Crippen LogP contribution in [0, 0.1) is 5.92 Å². The standard InChI is InChI=1S/C15H16N2/c1-11-9-12-5-2-3-7-14(12)17-15(11)13-6-4-8-16-10-13/h2-8,10-11,15,17H,9H2,1H3. The Balaban J connectivity index is 1.95. The molecule has 1 aliphatic heterocycles. The van der Waals surface area contributed by atoms with Crippen LogP contribution in [0.5, 0.6) is 0 Å². The molecule has 0 saturated carbocycles. The number of anilines is 1. The van der Waals surface area contributed by atoms with E-state index < -0.39 is 0 Å². The van der Waals surface area contributed by atoms with Gasteiger partial charge in [-0.15, -0.1) is 0 Å². The van der Waals surface area contributed by atoms with Gasteiger partial charge in [-0.2, -0.15) is 0 Å². The minimum atomic E-state index is 0.374. The molecular formula is C15H16N2. The SMILES string of the molecule is CC1Cc2ccccc2NC1c1cccnc1. The minimum absolute atomic E-state index is 0.374. The van der Waals surface area contributed by atoms with Crippen molar-refractivity contribution < 1.29 is 0 Å². The summed E-state index contributed by atoms with van der Waals surface area (Å²) in [7, 11) is 0. The fourth-order valence-electron chi connectivity index (χ4n) is 2.59. The van der Waals surface area contributed by atoms with E-state index in [4.69, 9.17) is 0 Å². The smallest absolute Gasteiger partial charge is 0.0557 e. The molecule has 0 amide bonds. The molecule has 0 bridgehead atoms. The van der Waals surface area contributed by atoms with Crippen LogP contribution in [0.2, 0.25) is 0 Å². The number of nitrogens with zero attached hydrogens (tertiary/aromatic N) is 1. The Morgan fingerprint density at radius 2 is 2.06 bits per heavy atom. The van der Waals surface area contributed by atoms with E-state index in [0.717, 1.165) is 6.42 Å². The summed E-state index contributed by atoms with van der Waals surface area (Å²) in [6.07, 6.45) is 4.91. The molecule has 0 spiro atoms. The average Bonchev–Trinajstić information content (AvgIpc) is 2.39. The highest BCUT2D eigenvalue weighted by Crippen LogP contribution is 2.35. The highest BCUT2D eigenvalue weighted by Gasteiger charge is 2.25. The van der Waals surface area contributed by atoms with Gasteiger partial charge in [0, 0.05) is 18.1 Å². The highest BCUT2D eigenvalue weighted by molar-refractivity contribution is 5.55. The van der Waals surface area contributed by atoms with E-state index in [2.05, 4.69) is 47.6 Å². The van der Waals surface area contributed by atoms with Crippen LogP contribution in [-0.4, -0.2) is 4.98 Å². The summed E-state index contributed by atoms with van der Waals surface area (Å²) in [4.78, 5) is 4.21. The van der Waals surface area contributed by atoms with Crippen molar-refractivity contribution in [2.24, 2.45) is 5.92 Å². The van der Waals surface area contributed by atoms with Crippen LogP contribution >= 0.6 is 0 Å². The van der Waals surface area contributed by atoms with Gasteiger partial charge in [0.2, 0.25) is 0 Å². The fourth-order valence-corrected chi connectivity index (χ4v) is 2.59. The maximum absolute atomic E-state index is 4.21. The minimum Gasteiger partial charge on any atom is -0.378 e. The van der Waals surface area contributed by atoms with Crippen molar-refractivity contribution in [3.05, 3.63) is 59.9 Å². The molecule has 86 valence electrons. The highest BCUT2D eigenvalue weighted by atomic mass is 14.9. The predicted octanol–water partition coefficient (Wildman–Crippen LogP) is 3.43. The Kier molecular flexibility index (Phi) is 2.56. The Morgan fingerprint density at radius 1 is 1.18 bits per heavy atom. The Hall–Kier alpha value is -1.83. The van der Waals surface area contributed by atoms with Gasteiger partial charge in [-0.05, 0) is 35.6 Å². The molecule has 2 heterocycles. The molecule has 3 rings (SSSR count). The Morgan fingerprint density at radius 3 is 2.88 bits per heavy atom. The van der Waals surface area contributed by atoms with E-state index in [1.54, 1.807) is 0 Å². The molecule has 2 heteroatoms. The molecule has 0 radical (unpaired) electrons. The first kappa shape index (κ1) is 10.3. The zero-order valence-electron chi connectivity index (χ0n) is 9.93. The average molecular weight is 224 g/mol. The van der Waals surface area contributed by atoms with Gasteiger partial charge in [0.05, 0.1) is 6.04 Å². The molecule has 0 fully saturated rings. The quantitative estimate of drug-likeness (QED) is 0.802. The van der Waals surface area contributed by atoms with Crippen LogP contribution in [0.1, 0.15) is 24.1 Å². The summed E-state index contributed by atoms with van der Waals surface area (Å²) in [6.45, 7) is 2.29. The Bertz CT molecular complexity index is 507. The molecule has 2 nitrogen and oxygen atoms in total. The van der Waals surface area contributed by atoms with Crippen LogP contribution in [0.25, 0.3) is 0 Å². The van der Waals surface area contributed by atoms with Gasteiger partial charge in [-0.3, -0.25) is 4.98 Å². The van der Waals surface area contributed by atoms with Gasteiger partial charge in [-0.1, -0.05) is 31.2 Å². The molecule has 2 atom stereocenters. The van der Waals surface area contributed by atoms with Crippen molar-refractivity contribution in [2.75, 3.05) is 5.32 Å². The number of benzene rings is 1. The Labute approximate surface area is 102 Å². The third-order valence-corrected chi connectivity index (χ3v) is 3.48. The summed E-state index contributed by atoms with van der Waals surface area (Å²) in [5, 5.41) is 3.62. The maximum Gasteiger partial charge on any atom is 0.0557 e. The van der Waals surface area contributed by atoms with Crippen LogP contribution in [0.4, 0.5) is 5.69 Å². The molecule has 0 saturated heterocycles. The van der Waals surface area contributed by atoms with Crippen molar-refractivity contribution in [3.8, 4) is 0 Å². The van der Waals surface area contributed by atoms with Gasteiger partial charge in [0.25, 0.3) is 0 Å². The lowest BCUT2D eigenvalue weighted by atomic mass is 9.85. The fraction of sp³-hybridized carbons (Fsp3) is 0.267. The number of rotatable bonds is 1. The second-order valence-corrected chi connectivity index (χ2v) is 4.75. The number of fused-ring (bicyclic) bond motifs is 1. The number of nitrogens with one attached hydrogen (secondary N) is 1. The second kappa shape index (κ2) is 4.21. The van der Waals surface area contributed by atoms with Crippen LogP contribution < -0.4 is 5.32 Å². The summed E-state index contributed by atoms with van der Waals surface area (Å²) < 4.78 is 0. The number of para-hydroxylation sites is 1. The maximum atomic E-state index is 4.21. The first-order valence-corrected chi connectivity index (χ1v) is 6.09. The molecule has 2 unspecified atom stereocenters. The summed E-state index contributed by atoms with van der Waals surface area (Å²) in [6, 6.07) is 13.1. The zero-order chi connectivity index (χ0) is 11.7. The van der Waals surface area contributed by atoms with Crippen molar-refractivity contribution in [1.82, 2.24) is 4.98 Å². The molecular weight excluding hydrogens is 208 g/mol. The van der Waals surface area contributed by atoms with E-state index in [1.807, 2.05) is 18.5 Å². The molecule has 1 aromatic carbocycles. The van der Waals surface area contributed by atoms with Crippen LogP contribution in [0.3, 0.4) is 0 Å². The molecule has 17 heavy (non-hydrogen) atoms. The monoisotopic (exact) mass is 224 g/mol. The normalized spacial score (nSPS) is 22.6. The first-order valence-electron chi connectivity index (χ1n) is 6.09. The van der Waals surface area contributed by atoms with E-state index >= 15 is 0 Å². The summed E-state index contributed by atoms with van der Waals surface area (Å²) in [5.74, 6) is 0.592.